The van der Waals surface area contributed by atoms with Crippen LogP contribution in [0.1, 0.15) is 5.56 Å². The molecule has 0 bridgehead atoms. The maximum absolute atomic E-state index is 9.33. The molecule has 1 heterocycles. The van der Waals surface area contributed by atoms with Crippen molar-refractivity contribution in [2.45, 2.75) is 6.92 Å². The summed E-state index contributed by atoms with van der Waals surface area (Å²) in [5, 5.41) is 9.33. The molecule has 0 aliphatic heterocycles. The summed E-state index contributed by atoms with van der Waals surface area (Å²) in [6.45, 7) is 1.85. The average molecular weight is 178 g/mol. The molecule has 0 aliphatic rings. The quantitative estimate of drug-likeness (QED) is 0.410. The molecule has 0 radical (unpaired) electrons. The van der Waals surface area contributed by atoms with E-state index in [9.17, 15) is 5.21 Å². The fourth-order valence-corrected chi connectivity index (χ4v) is 1.37. The minimum atomic E-state index is 0.461. The van der Waals surface area contributed by atoms with Gasteiger partial charge in [0.05, 0.1) is 11.4 Å². The molecule has 0 unspecified atom stereocenters. The van der Waals surface area contributed by atoms with Crippen molar-refractivity contribution in [2.24, 2.45) is 0 Å². The first-order chi connectivity index (χ1) is 6.11. The number of anilines is 2. The van der Waals surface area contributed by atoms with Gasteiger partial charge in [0, 0.05) is 0 Å². The van der Waals surface area contributed by atoms with E-state index in [2.05, 4.69) is 4.98 Å². The lowest BCUT2D eigenvalue weighted by Gasteiger charge is -2.04. The Morgan fingerprint density at radius 2 is 2.15 bits per heavy atom. The van der Waals surface area contributed by atoms with Gasteiger partial charge in [-0.15, -0.1) is 0 Å². The summed E-state index contributed by atoms with van der Waals surface area (Å²) in [7, 11) is 0. The van der Waals surface area contributed by atoms with E-state index in [1.54, 1.807) is 6.07 Å². The van der Waals surface area contributed by atoms with Crippen LogP contribution in [0.4, 0.5) is 11.4 Å². The van der Waals surface area contributed by atoms with Gasteiger partial charge >= 0.3 is 0 Å². The fourth-order valence-electron chi connectivity index (χ4n) is 1.37. The molecule has 0 aliphatic carbocycles. The molecular formula is C8H10N4O. The summed E-state index contributed by atoms with van der Waals surface area (Å²) >= 11 is 0. The predicted octanol–water partition coefficient (Wildman–Crippen LogP) is 0.746. The zero-order valence-electron chi connectivity index (χ0n) is 7.15. The zero-order valence-corrected chi connectivity index (χ0v) is 7.15. The second kappa shape index (κ2) is 2.29. The van der Waals surface area contributed by atoms with Gasteiger partial charge in [0.25, 0.3) is 0 Å². The SMILES string of the molecule is Cc1cc(N)c2c(ncn2O)c1N. The molecular weight excluding hydrogens is 168 g/mol. The Labute approximate surface area is 74.5 Å². The molecule has 0 spiro atoms. The van der Waals surface area contributed by atoms with Gasteiger partial charge in [-0.2, -0.15) is 4.73 Å². The lowest BCUT2D eigenvalue weighted by molar-refractivity contribution is 0.198. The number of hydrogen-bond acceptors (Lipinski definition) is 4. The van der Waals surface area contributed by atoms with Crippen LogP contribution in [-0.4, -0.2) is 14.9 Å². The number of rotatable bonds is 0. The van der Waals surface area contributed by atoms with Crippen molar-refractivity contribution >= 4 is 22.4 Å². The monoisotopic (exact) mass is 178 g/mol. The van der Waals surface area contributed by atoms with E-state index < -0.39 is 0 Å². The first-order valence-electron chi connectivity index (χ1n) is 3.82. The number of hydrogen-bond donors (Lipinski definition) is 3. The molecule has 0 atom stereocenters. The number of nitrogen functional groups attached to an aromatic ring is 2. The first-order valence-corrected chi connectivity index (χ1v) is 3.82. The van der Waals surface area contributed by atoms with Crippen molar-refractivity contribution in [3.8, 4) is 0 Å². The van der Waals surface area contributed by atoms with Crippen LogP contribution in [0.3, 0.4) is 0 Å². The maximum Gasteiger partial charge on any atom is 0.133 e. The number of benzene rings is 1. The van der Waals surface area contributed by atoms with Crippen LogP contribution >= 0.6 is 0 Å². The lowest BCUT2D eigenvalue weighted by atomic mass is 10.1. The van der Waals surface area contributed by atoms with Crippen molar-refractivity contribution < 1.29 is 5.21 Å². The molecule has 5 N–H and O–H groups in total. The minimum Gasteiger partial charge on any atom is -0.427 e. The van der Waals surface area contributed by atoms with Gasteiger partial charge < -0.3 is 16.7 Å². The van der Waals surface area contributed by atoms with Gasteiger partial charge in [-0.05, 0) is 18.6 Å². The number of aromatic nitrogens is 2. The molecule has 0 saturated carbocycles. The van der Waals surface area contributed by atoms with E-state index in [-0.39, 0.29) is 0 Å². The Morgan fingerprint density at radius 1 is 1.46 bits per heavy atom. The molecule has 2 aromatic rings. The third kappa shape index (κ3) is 0.900. The molecule has 0 amide bonds. The van der Waals surface area contributed by atoms with E-state index in [0.717, 1.165) is 10.3 Å². The highest BCUT2D eigenvalue weighted by Gasteiger charge is 2.10. The van der Waals surface area contributed by atoms with Gasteiger partial charge in [-0.1, -0.05) is 0 Å². The number of imidazole rings is 1. The van der Waals surface area contributed by atoms with Crippen LogP contribution in [0.5, 0.6) is 0 Å². The van der Waals surface area contributed by atoms with Gasteiger partial charge in [0.2, 0.25) is 0 Å². The Morgan fingerprint density at radius 3 is 2.85 bits per heavy atom. The van der Waals surface area contributed by atoms with E-state index in [4.69, 9.17) is 11.5 Å². The van der Waals surface area contributed by atoms with Crippen LogP contribution in [0.25, 0.3) is 11.0 Å². The lowest BCUT2D eigenvalue weighted by Crippen LogP contribution is -1.98. The van der Waals surface area contributed by atoms with Crippen LogP contribution in [-0.2, 0) is 0 Å². The Bertz CT molecular complexity index is 474. The normalized spacial score (nSPS) is 10.8. The third-order valence-electron chi connectivity index (χ3n) is 2.08. The number of aryl methyl sites for hydroxylation is 1. The maximum atomic E-state index is 9.33. The summed E-state index contributed by atoms with van der Waals surface area (Å²) in [6.07, 6.45) is 1.27. The topological polar surface area (TPSA) is 90.1 Å². The molecule has 68 valence electrons. The van der Waals surface area contributed by atoms with Crippen molar-refractivity contribution in [3.05, 3.63) is 18.0 Å². The van der Waals surface area contributed by atoms with E-state index in [0.29, 0.717) is 22.4 Å². The smallest absolute Gasteiger partial charge is 0.133 e. The average Bonchev–Trinajstić information content (AvgIpc) is 2.44. The second-order valence-corrected chi connectivity index (χ2v) is 2.98. The first kappa shape index (κ1) is 7.72. The van der Waals surface area contributed by atoms with E-state index >= 15 is 0 Å². The zero-order chi connectivity index (χ0) is 9.59. The van der Waals surface area contributed by atoms with Crippen molar-refractivity contribution in [1.29, 1.82) is 0 Å². The van der Waals surface area contributed by atoms with Gasteiger partial charge in [-0.25, -0.2) is 4.98 Å². The van der Waals surface area contributed by atoms with Crippen LogP contribution < -0.4 is 11.5 Å². The van der Waals surface area contributed by atoms with Crippen molar-refractivity contribution in [2.75, 3.05) is 11.5 Å². The molecule has 0 saturated heterocycles. The molecule has 5 heteroatoms. The standard InChI is InChI=1S/C8H10N4O/c1-4-2-5(9)8-7(6(4)10)11-3-12(8)13/h2-3,13H,9-10H2,1H3. The highest BCUT2D eigenvalue weighted by Crippen LogP contribution is 2.27. The van der Waals surface area contributed by atoms with Gasteiger partial charge in [-0.3, -0.25) is 0 Å². The molecule has 1 aromatic carbocycles. The van der Waals surface area contributed by atoms with Crippen LogP contribution in [0.2, 0.25) is 0 Å². The minimum absolute atomic E-state index is 0.461. The fraction of sp³-hybridized carbons (Fsp3) is 0.125. The highest BCUT2D eigenvalue weighted by atomic mass is 16.5. The number of nitrogens with two attached hydrogens (primary N) is 2. The summed E-state index contributed by atoms with van der Waals surface area (Å²) in [5.74, 6) is 0. The second-order valence-electron chi connectivity index (χ2n) is 2.98. The van der Waals surface area contributed by atoms with E-state index in [1.807, 2.05) is 6.92 Å². The summed E-state index contributed by atoms with van der Waals surface area (Å²) in [5.41, 5.74) is 14.3. The largest absolute Gasteiger partial charge is 0.427 e. The Balaban J connectivity index is 2.99. The Hall–Kier alpha value is -1.91. The molecule has 1 aromatic heterocycles. The third-order valence-corrected chi connectivity index (χ3v) is 2.08. The molecule has 2 rings (SSSR count). The summed E-state index contributed by atoms with van der Waals surface area (Å²) < 4.78 is 0.875. The van der Waals surface area contributed by atoms with Crippen LogP contribution in [0, 0.1) is 6.92 Å². The van der Waals surface area contributed by atoms with Gasteiger partial charge in [0.1, 0.15) is 17.4 Å². The molecule has 13 heavy (non-hydrogen) atoms. The van der Waals surface area contributed by atoms with Crippen molar-refractivity contribution in [1.82, 2.24) is 9.71 Å². The molecule has 5 nitrogen and oxygen atoms in total. The summed E-state index contributed by atoms with van der Waals surface area (Å²) in [4.78, 5) is 3.95. The van der Waals surface area contributed by atoms with Gasteiger partial charge in [0.15, 0.2) is 0 Å². The highest BCUT2D eigenvalue weighted by molar-refractivity contribution is 5.96. The summed E-state index contributed by atoms with van der Waals surface area (Å²) in [6, 6.07) is 1.71. The predicted molar refractivity (Wildman–Crippen MR) is 50.5 cm³/mol. The Kier molecular flexibility index (Phi) is 1.36. The molecule has 0 fully saturated rings. The number of nitrogens with zero attached hydrogens (tertiary/aromatic N) is 2. The number of fused-ring (bicyclic) bond motifs is 1. The van der Waals surface area contributed by atoms with E-state index in [1.165, 1.54) is 6.33 Å². The van der Waals surface area contributed by atoms with Crippen molar-refractivity contribution in [3.63, 3.8) is 0 Å². The van der Waals surface area contributed by atoms with Crippen LogP contribution in [0.15, 0.2) is 12.4 Å².